The number of aromatic nitrogens is 2. The van der Waals surface area contributed by atoms with Crippen LogP contribution in [0.5, 0.6) is 0 Å². The van der Waals surface area contributed by atoms with Gasteiger partial charge in [0.15, 0.2) is 0 Å². The van der Waals surface area contributed by atoms with E-state index in [9.17, 15) is 9.18 Å². The largest absolute Gasteiger partial charge is 0.352 e. The highest BCUT2D eigenvalue weighted by Gasteiger charge is 2.32. The maximum atomic E-state index is 13.6. The van der Waals surface area contributed by atoms with Crippen molar-refractivity contribution in [1.82, 2.24) is 14.9 Å². The number of benzene rings is 1. The summed E-state index contributed by atoms with van der Waals surface area (Å²) in [4.78, 5) is 17.1. The lowest BCUT2D eigenvalue weighted by molar-refractivity contribution is 0.0945. The van der Waals surface area contributed by atoms with Gasteiger partial charge in [0.25, 0.3) is 5.91 Å². The van der Waals surface area contributed by atoms with Crippen molar-refractivity contribution >= 4 is 5.91 Å². The first kappa shape index (κ1) is 18.1. The van der Waals surface area contributed by atoms with E-state index in [4.69, 9.17) is 0 Å². The molecular weight excluding hydrogens is 365 g/mol. The van der Waals surface area contributed by atoms with Crippen LogP contribution in [-0.4, -0.2) is 22.0 Å². The third kappa shape index (κ3) is 3.24. The number of carbonyl (C=O) groups is 1. The van der Waals surface area contributed by atoms with Gasteiger partial charge in [-0.1, -0.05) is 25.0 Å². The predicted molar refractivity (Wildman–Crippen MR) is 111 cm³/mol. The Labute approximate surface area is 169 Å². The zero-order valence-corrected chi connectivity index (χ0v) is 16.3. The van der Waals surface area contributed by atoms with Crippen LogP contribution in [0.25, 0.3) is 22.4 Å². The fraction of sp³-hybridized carbons (Fsp3) is 0.333. The molecule has 0 radical (unpaired) electrons. The molecule has 29 heavy (non-hydrogen) atoms. The molecule has 0 saturated heterocycles. The Morgan fingerprint density at radius 2 is 1.72 bits per heavy atom. The molecular formula is C24H24FN3O. The van der Waals surface area contributed by atoms with Gasteiger partial charge in [0.1, 0.15) is 5.82 Å². The lowest BCUT2D eigenvalue weighted by atomic mass is 9.95. The summed E-state index contributed by atoms with van der Waals surface area (Å²) in [6.07, 6.45) is 9.42. The standard InChI is InChI=1S/C24H24FN3O/c25-19-7-5-17(6-8-19)21-22-20(11-14-27-24(22)29)28(15-16-3-1-2-4-16)23(21)18-9-12-26-13-10-18/h5-10,12-13,16H,1-4,11,14-15H2,(H,27,29). The van der Waals surface area contributed by atoms with Gasteiger partial charge in [0, 0.05) is 48.7 Å². The summed E-state index contributed by atoms with van der Waals surface area (Å²) < 4.78 is 16.0. The summed E-state index contributed by atoms with van der Waals surface area (Å²) in [7, 11) is 0. The first-order valence-corrected chi connectivity index (χ1v) is 10.4. The predicted octanol–water partition coefficient (Wildman–Crippen LogP) is 4.83. The average Bonchev–Trinajstić information content (AvgIpc) is 3.37. The molecule has 1 aliphatic heterocycles. The molecule has 1 N–H and O–H groups in total. The van der Waals surface area contributed by atoms with Crippen molar-refractivity contribution in [3.05, 3.63) is 65.9 Å². The van der Waals surface area contributed by atoms with Gasteiger partial charge in [-0.05, 0) is 48.6 Å². The zero-order valence-electron chi connectivity index (χ0n) is 16.3. The number of carbonyl (C=O) groups excluding carboxylic acids is 1. The Kier molecular flexibility index (Phi) is 4.66. The molecule has 5 rings (SSSR count). The summed E-state index contributed by atoms with van der Waals surface area (Å²) in [5.74, 6) is 0.326. The minimum Gasteiger partial charge on any atom is -0.352 e. The molecule has 1 saturated carbocycles. The van der Waals surface area contributed by atoms with Gasteiger partial charge in [-0.25, -0.2) is 4.39 Å². The van der Waals surface area contributed by atoms with Gasteiger partial charge in [0.2, 0.25) is 0 Å². The molecule has 2 aliphatic rings. The van der Waals surface area contributed by atoms with E-state index < -0.39 is 0 Å². The van der Waals surface area contributed by atoms with Crippen LogP contribution in [0.15, 0.2) is 48.8 Å². The molecule has 148 valence electrons. The van der Waals surface area contributed by atoms with Crippen LogP contribution in [0.4, 0.5) is 4.39 Å². The monoisotopic (exact) mass is 389 g/mol. The summed E-state index contributed by atoms with van der Waals surface area (Å²) in [6.45, 7) is 1.58. The van der Waals surface area contributed by atoms with Gasteiger partial charge < -0.3 is 9.88 Å². The van der Waals surface area contributed by atoms with Crippen LogP contribution in [0.1, 0.15) is 41.7 Å². The third-order valence-electron chi connectivity index (χ3n) is 6.25. The Bertz CT molecular complexity index is 1030. The molecule has 0 bridgehead atoms. The lowest BCUT2D eigenvalue weighted by Gasteiger charge is -2.20. The molecule has 5 heteroatoms. The Balaban J connectivity index is 1.78. The van der Waals surface area contributed by atoms with E-state index in [0.29, 0.717) is 12.5 Å². The summed E-state index contributed by atoms with van der Waals surface area (Å²) in [5.41, 5.74) is 5.71. The third-order valence-corrected chi connectivity index (χ3v) is 6.25. The number of nitrogens with zero attached hydrogens (tertiary/aromatic N) is 2. The molecule has 0 unspecified atom stereocenters. The van der Waals surface area contributed by atoms with E-state index in [2.05, 4.69) is 14.9 Å². The number of fused-ring (bicyclic) bond motifs is 1. The number of hydrogen-bond donors (Lipinski definition) is 1. The van der Waals surface area contributed by atoms with Crippen LogP contribution < -0.4 is 5.32 Å². The van der Waals surface area contributed by atoms with Crippen molar-refractivity contribution in [3.8, 4) is 22.4 Å². The second kappa shape index (κ2) is 7.47. The average molecular weight is 389 g/mol. The van der Waals surface area contributed by atoms with Gasteiger partial charge in [-0.2, -0.15) is 0 Å². The molecule has 1 aliphatic carbocycles. The molecule has 0 atom stereocenters. The summed E-state index contributed by atoms with van der Waals surface area (Å²) >= 11 is 0. The van der Waals surface area contributed by atoms with Crippen molar-refractivity contribution in [2.75, 3.05) is 6.54 Å². The molecule has 3 heterocycles. The lowest BCUT2D eigenvalue weighted by Crippen LogP contribution is -2.32. The van der Waals surface area contributed by atoms with Crippen molar-refractivity contribution in [3.63, 3.8) is 0 Å². The van der Waals surface area contributed by atoms with Crippen LogP contribution in [0.2, 0.25) is 0 Å². The van der Waals surface area contributed by atoms with Crippen molar-refractivity contribution in [1.29, 1.82) is 0 Å². The van der Waals surface area contributed by atoms with E-state index in [-0.39, 0.29) is 11.7 Å². The first-order valence-electron chi connectivity index (χ1n) is 10.4. The second-order valence-electron chi connectivity index (χ2n) is 8.06. The molecule has 0 spiro atoms. The van der Waals surface area contributed by atoms with Gasteiger partial charge in [-0.15, -0.1) is 0 Å². The highest BCUT2D eigenvalue weighted by atomic mass is 19.1. The summed E-state index contributed by atoms with van der Waals surface area (Å²) in [6, 6.07) is 10.5. The van der Waals surface area contributed by atoms with E-state index >= 15 is 0 Å². The number of halogens is 1. The maximum absolute atomic E-state index is 13.6. The molecule has 1 aromatic carbocycles. The topological polar surface area (TPSA) is 46.9 Å². The quantitative estimate of drug-likeness (QED) is 0.695. The van der Waals surface area contributed by atoms with Gasteiger partial charge >= 0.3 is 0 Å². The summed E-state index contributed by atoms with van der Waals surface area (Å²) in [5, 5.41) is 3.01. The van der Waals surface area contributed by atoms with Crippen LogP contribution in [-0.2, 0) is 13.0 Å². The molecule has 3 aromatic rings. The Morgan fingerprint density at radius 3 is 2.45 bits per heavy atom. The number of amides is 1. The highest BCUT2D eigenvalue weighted by molar-refractivity contribution is 6.07. The molecule has 1 amide bonds. The van der Waals surface area contributed by atoms with E-state index in [1.165, 1.54) is 37.8 Å². The molecule has 1 fully saturated rings. The fourth-order valence-corrected chi connectivity index (χ4v) is 4.92. The van der Waals surface area contributed by atoms with Crippen LogP contribution in [0.3, 0.4) is 0 Å². The van der Waals surface area contributed by atoms with E-state index in [0.717, 1.165) is 46.6 Å². The first-order chi connectivity index (χ1) is 14.2. The molecule has 2 aromatic heterocycles. The van der Waals surface area contributed by atoms with E-state index in [1.54, 1.807) is 24.5 Å². The zero-order chi connectivity index (χ0) is 19.8. The van der Waals surface area contributed by atoms with Gasteiger partial charge in [0.05, 0.1) is 11.3 Å². The fourth-order valence-electron chi connectivity index (χ4n) is 4.92. The number of pyridine rings is 1. The minimum atomic E-state index is -0.275. The minimum absolute atomic E-state index is 0.0361. The van der Waals surface area contributed by atoms with E-state index in [1.807, 2.05) is 12.1 Å². The van der Waals surface area contributed by atoms with Crippen LogP contribution in [0, 0.1) is 11.7 Å². The van der Waals surface area contributed by atoms with Crippen molar-refractivity contribution < 1.29 is 9.18 Å². The normalized spacial score (nSPS) is 16.7. The highest BCUT2D eigenvalue weighted by Crippen LogP contribution is 2.42. The number of rotatable bonds is 4. The molecule has 4 nitrogen and oxygen atoms in total. The van der Waals surface area contributed by atoms with Crippen LogP contribution >= 0.6 is 0 Å². The van der Waals surface area contributed by atoms with Crippen molar-refractivity contribution in [2.45, 2.75) is 38.6 Å². The number of hydrogen-bond acceptors (Lipinski definition) is 2. The Hall–Kier alpha value is -2.95. The SMILES string of the molecule is O=C1NCCc2c1c(-c1ccc(F)cc1)c(-c1ccncc1)n2CC1CCCC1. The number of nitrogens with one attached hydrogen (secondary N) is 1. The van der Waals surface area contributed by atoms with Crippen molar-refractivity contribution in [2.24, 2.45) is 5.92 Å². The van der Waals surface area contributed by atoms with Gasteiger partial charge in [-0.3, -0.25) is 9.78 Å². The maximum Gasteiger partial charge on any atom is 0.253 e. The Morgan fingerprint density at radius 1 is 1.00 bits per heavy atom. The second-order valence-corrected chi connectivity index (χ2v) is 8.06. The smallest absolute Gasteiger partial charge is 0.253 e.